The van der Waals surface area contributed by atoms with Gasteiger partial charge in [-0.3, -0.25) is 4.98 Å². The first-order chi connectivity index (χ1) is 7.93. The van der Waals surface area contributed by atoms with Crippen LogP contribution in [0.1, 0.15) is 31.2 Å². The van der Waals surface area contributed by atoms with Gasteiger partial charge in [-0.2, -0.15) is 0 Å². The first kappa shape index (κ1) is 10.0. The molecule has 2 nitrogen and oxygen atoms in total. The molecule has 1 aromatic heterocycles. The standard InChI is InChI=1S/C14H18N2/c1-4-13(10-15-7-1)12-6-5-11-3-2-8-16-14(11)9-12/h1,4,7,9-11,14,16H,2-3,5-6,8H2/t11-,14+/m1/s1. The van der Waals surface area contributed by atoms with Crippen molar-refractivity contribution in [2.24, 2.45) is 5.92 Å². The molecule has 0 spiro atoms. The number of allylic oxidation sites excluding steroid dienone is 1. The van der Waals surface area contributed by atoms with Crippen LogP contribution < -0.4 is 5.32 Å². The van der Waals surface area contributed by atoms with Crippen molar-refractivity contribution < 1.29 is 0 Å². The minimum Gasteiger partial charge on any atom is -0.310 e. The molecule has 0 aromatic carbocycles. The molecule has 0 unspecified atom stereocenters. The van der Waals surface area contributed by atoms with Gasteiger partial charge in [-0.05, 0) is 55.3 Å². The van der Waals surface area contributed by atoms with E-state index in [4.69, 9.17) is 0 Å². The largest absolute Gasteiger partial charge is 0.310 e. The van der Waals surface area contributed by atoms with Gasteiger partial charge in [0.1, 0.15) is 0 Å². The lowest BCUT2D eigenvalue weighted by atomic mass is 9.79. The van der Waals surface area contributed by atoms with Gasteiger partial charge in [0.25, 0.3) is 0 Å². The lowest BCUT2D eigenvalue weighted by Crippen LogP contribution is -2.41. The zero-order valence-electron chi connectivity index (χ0n) is 9.52. The number of nitrogens with one attached hydrogen (secondary N) is 1. The Hall–Kier alpha value is -1.15. The molecule has 0 saturated carbocycles. The van der Waals surface area contributed by atoms with Crippen LogP contribution in [0.4, 0.5) is 0 Å². The Bertz CT molecular complexity index is 383. The molecule has 3 rings (SSSR count). The fourth-order valence-electron chi connectivity index (χ4n) is 2.93. The summed E-state index contributed by atoms with van der Waals surface area (Å²) in [5.41, 5.74) is 2.78. The number of fused-ring (bicyclic) bond motifs is 1. The molecule has 2 heteroatoms. The zero-order chi connectivity index (χ0) is 10.8. The van der Waals surface area contributed by atoms with Crippen molar-refractivity contribution in [1.29, 1.82) is 0 Å². The summed E-state index contributed by atoms with van der Waals surface area (Å²) >= 11 is 0. The smallest absolute Gasteiger partial charge is 0.0342 e. The van der Waals surface area contributed by atoms with Gasteiger partial charge in [-0.25, -0.2) is 0 Å². The van der Waals surface area contributed by atoms with E-state index < -0.39 is 0 Å². The van der Waals surface area contributed by atoms with E-state index in [1.165, 1.54) is 43.4 Å². The predicted molar refractivity (Wildman–Crippen MR) is 66.0 cm³/mol. The topological polar surface area (TPSA) is 24.9 Å². The van der Waals surface area contributed by atoms with Gasteiger partial charge >= 0.3 is 0 Å². The van der Waals surface area contributed by atoms with Crippen LogP contribution in [0.15, 0.2) is 30.6 Å². The second kappa shape index (κ2) is 4.38. The second-order valence-electron chi connectivity index (χ2n) is 4.85. The number of rotatable bonds is 1. The third-order valence-corrected chi connectivity index (χ3v) is 3.84. The van der Waals surface area contributed by atoms with Gasteiger partial charge < -0.3 is 5.32 Å². The first-order valence-electron chi connectivity index (χ1n) is 6.28. The van der Waals surface area contributed by atoms with Crippen LogP contribution in [0.25, 0.3) is 5.57 Å². The monoisotopic (exact) mass is 214 g/mol. The second-order valence-corrected chi connectivity index (χ2v) is 4.85. The Morgan fingerprint density at radius 1 is 1.31 bits per heavy atom. The highest BCUT2D eigenvalue weighted by Gasteiger charge is 2.27. The summed E-state index contributed by atoms with van der Waals surface area (Å²) in [6.07, 6.45) is 11.5. The molecule has 1 saturated heterocycles. The molecule has 84 valence electrons. The fraction of sp³-hybridized carbons (Fsp3) is 0.500. The average molecular weight is 214 g/mol. The Kier molecular flexibility index (Phi) is 2.75. The highest BCUT2D eigenvalue weighted by molar-refractivity contribution is 5.66. The fourth-order valence-corrected chi connectivity index (χ4v) is 2.93. The Labute approximate surface area is 96.8 Å². The van der Waals surface area contributed by atoms with E-state index in [1.54, 1.807) is 0 Å². The molecular formula is C14H18N2. The van der Waals surface area contributed by atoms with Crippen molar-refractivity contribution in [3.05, 3.63) is 36.2 Å². The molecule has 1 N–H and O–H groups in total. The van der Waals surface area contributed by atoms with Crippen molar-refractivity contribution in [3.8, 4) is 0 Å². The Balaban J connectivity index is 1.84. The normalized spacial score (nSPS) is 29.4. The van der Waals surface area contributed by atoms with Crippen LogP contribution >= 0.6 is 0 Å². The summed E-state index contributed by atoms with van der Waals surface area (Å²) in [5, 5.41) is 3.62. The van der Waals surface area contributed by atoms with E-state index in [0.29, 0.717) is 6.04 Å². The van der Waals surface area contributed by atoms with Crippen molar-refractivity contribution >= 4 is 5.57 Å². The summed E-state index contributed by atoms with van der Waals surface area (Å²) in [6, 6.07) is 4.80. The third-order valence-electron chi connectivity index (χ3n) is 3.84. The lowest BCUT2D eigenvalue weighted by molar-refractivity contribution is 0.298. The molecule has 2 heterocycles. The molecule has 0 radical (unpaired) electrons. The molecule has 1 aliphatic heterocycles. The predicted octanol–water partition coefficient (Wildman–Crippen LogP) is 2.63. The zero-order valence-corrected chi connectivity index (χ0v) is 9.52. The number of hydrogen-bond donors (Lipinski definition) is 1. The molecule has 1 aromatic rings. The lowest BCUT2D eigenvalue weighted by Gasteiger charge is -2.35. The third kappa shape index (κ3) is 1.90. The van der Waals surface area contributed by atoms with Crippen molar-refractivity contribution in [2.45, 2.75) is 31.7 Å². The van der Waals surface area contributed by atoms with E-state index in [1.807, 2.05) is 18.5 Å². The average Bonchev–Trinajstić information content (AvgIpc) is 2.39. The number of hydrogen-bond acceptors (Lipinski definition) is 2. The number of pyridine rings is 1. The molecule has 0 bridgehead atoms. The van der Waals surface area contributed by atoms with E-state index in [-0.39, 0.29) is 0 Å². The molecule has 2 aliphatic rings. The van der Waals surface area contributed by atoms with Gasteiger partial charge in [-0.1, -0.05) is 12.1 Å². The maximum absolute atomic E-state index is 4.20. The molecule has 2 atom stereocenters. The Morgan fingerprint density at radius 3 is 3.19 bits per heavy atom. The van der Waals surface area contributed by atoms with Crippen molar-refractivity contribution in [2.75, 3.05) is 6.54 Å². The van der Waals surface area contributed by atoms with Crippen molar-refractivity contribution in [1.82, 2.24) is 10.3 Å². The van der Waals surface area contributed by atoms with E-state index >= 15 is 0 Å². The van der Waals surface area contributed by atoms with Gasteiger partial charge in [0, 0.05) is 18.4 Å². The summed E-state index contributed by atoms with van der Waals surface area (Å²) in [6.45, 7) is 1.18. The minimum atomic E-state index is 0.609. The summed E-state index contributed by atoms with van der Waals surface area (Å²) in [4.78, 5) is 4.20. The van der Waals surface area contributed by atoms with Crippen LogP contribution in [0.3, 0.4) is 0 Å². The minimum absolute atomic E-state index is 0.609. The molecule has 1 aliphatic carbocycles. The highest BCUT2D eigenvalue weighted by Crippen LogP contribution is 2.33. The van der Waals surface area contributed by atoms with Crippen molar-refractivity contribution in [3.63, 3.8) is 0 Å². The van der Waals surface area contributed by atoms with Gasteiger partial charge in [-0.15, -0.1) is 0 Å². The number of nitrogens with zero attached hydrogens (tertiary/aromatic N) is 1. The number of aromatic nitrogens is 1. The van der Waals surface area contributed by atoms with E-state index in [2.05, 4.69) is 22.4 Å². The van der Waals surface area contributed by atoms with E-state index in [0.717, 1.165) is 5.92 Å². The maximum atomic E-state index is 4.20. The van der Waals surface area contributed by atoms with Crippen LogP contribution in [-0.4, -0.2) is 17.6 Å². The van der Waals surface area contributed by atoms with E-state index in [9.17, 15) is 0 Å². The van der Waals surface area contributed by atoms with Gasteiger partial charge in [0.05, 0.1) is 0 Å². The van der Waals surface area contributed by atoms with Crippen LogP contribution in [0, 0.1) is 5.92 Å². The Morgan fingerprint density at radius 2 is 2.31 bits per heavy atom. The summed E-state index contributed by atoms with van der Waals surface area (Å²) in [5.74, 6) is 0.870. The van der Waals surface area contributed by atoms with Gasteiger partial charge in [0.15, 0.2) is 0 Å². The van der Waals surface area contributed by atoms with Crippen LogP contribution in [-0.2, 0) is 0 Å². The molecule has 16 heavy (non-hydrogen) atoms. The quantitative estimate of drug-likeness (QED) is 0.777. The summed E-state index contributed by atoms with van der Waals surface area (Å²) in [7, 11) is 0. The number of piperidine rings is 1. The molecular weight excluding hydrogens is 196 g/mol. The SMILES string of the molecule is C1=C(c2cccnc2)CC[C@H]2CCCN[C@@H]12. The highest BCUT2D eigenvalue weighted by atomic mass is 14.9. The molecule has 0 amide bonds. The molecule has 1 fully saturated rings. The van der Waals surface area contributed by atoms with Crippen LogP contribution in [0.2, 0.25) is 0 Å². The van der Waals surface area contributed by atoms with Gasteiger partial charge in [0.2, 0.25) is 0 Å². The summed E-state index contributed by atoms with van der Waals surface area (Å²) < 4.78 is 0. The van der Waals surface area contributed by atoms with Crippen LogP contribution in [0.5, 0.6) is 0 Å². The first-order valence-corrected chi connectivity index (χ1v) is 6.28. The maximum Gasteiger partial charge on any atom is 0.0342 e.